The molecule has 19 heteroatoms. The number of allylic oxidation sites excluding steroid dienone is 6. The maximum absolute atomic E-state index is 13.1. The third-order valence-corrected chi connectivity index (χ3v) is 19.0. The van der Waals surface area contributed by atoms with E-state index in [0.717, 1.165) is 122 Å². The highest BCUT2D eigenvalue weighted by Crippen LogP contribution is 2.45. The van der Waals surface area contributed by atoms with Gasteiger partial charge < -0.3 is 33.8 Å². The van der Waals surface area contributed by atoms with Crippen LogP contribution in [0.3, 0.4) is 0 Å². The predicted octanol–water partition coefficient (Wildman–Crippen LogP) is 22.3. The fourth-order valence-electron chi connectivity index (χ4n) is 11.1. The minimum atomic E-state index is -4.97. The maximum Gasteiger partial charge on any atom is 0.472 e. The number of hydrogen-bond acceptors (Lipinski definition) is 15. The van der Waals surface area contributed by atoms with Gasteiger partial charge in [-0.3, -0.25) is 37.3 Å². The summed E-state index contributed by atoms with van der Waals surface area (Å²) < 4.78 is 68.5. The summed E-state index contributed by atoms with van der Waals surface area (Å²) in [7, 11) is -9.93. The lowest BCUT2D eigenvalue weighted by molar-refractivity contribution is -0.161. The molecule has 0 bridgehead atoms. The van der Waals surface area contributed by atoms with Gasteiger partial charge in [-0.1, -0.05) is 308 Å². The number of hydrogen-bond donors (Lipinski definition) is 3. The van der Waals surface area contributed by atoms with Crippen molar-refractivity contribution in [1.82, 2.24) is 0 Å². The Hall–Kier alpha value is -2.72. The highest BCUT2D eigenvalue weighted by atomic mass is 31.2. The summed E-state index contributed by atoms with van der Waals surface area (Å²) in [6, 6.07) is 0. The molecule has 0 aliphatic carbocycles. The van der Waals surface area contributed by atoms with E-state index in [1.165, 1.54) is 173 Å². The summed E-state index contributed by atoms with van der Waals surface area (Å²) in [5.74, 6) is -2.16. The molecule has 0 aromatic heterocycles. The van der Waals surface area contributed by atoms with Crippen LogP contribution in [0.1, 0.15) is 374 Å². The first-order valence-corrected chi connectivity index (χ1v) is 42.2. The van der Waals surface area contributed by atoms with Crippen LogP contribution in [0.4, 0.5) is 0 Å². The molecule has 0 aliphatic rings. The Bertz CT molecular complexity index is 1970. The quantitative estimate of drug-likeness (QED) is 0.0128. The fraction of sp³-hybridized carbons (Fsp3) is 0.870. The minimum absolute atomic E-state index is 0.0847. The molecule has 5 atom stereocenters. The first-order valence-electron chi connectivity index (χ1n) is 39.2. The van der Waals surface area contributed by atoms with Crippen molar-refractivity contribution >= 4 is 39.5 Å². The van der Waals surface area contributed by atoms with Crippen molar-refractivity contribution < 1.29 is 80.2 Å². The normalized spacial score (nSPS) is 14.1. The molecule has 564 valence electrons. The SMILES string of the molecule is CCCCCC/C=C\C=C/CCCCCCCC(=O)O[C@H](COC(=O)CCCCCCCCCCCCCCC)COP(=O)(O)OC[C@H](O)COP(=O)(O)OC[C@@H](COC(=O)CCCCCCC/C=C\CCCCCCCC)OC(=O)CCCCCCCCCCCCCCC. The molecular weight excluding hydrogens is 1260 g/mol. The van der Waals surface area contributed by atoms with Gasteiger partial charge in [0.15, 0.2) is 12.2 Å². The van der Waals surface area contributed by atoms with Gasteiger partial charge in [-0.2, -0.15) is 0 Å². The number of esters is 4. The van der Waals surface area contributed by atoms with Gasteiger partial charge >= 0.3 is 39.5 Å². The van der Waals surface area contributed by atoms with Gasteiger partial charge in [0.25, 0.3) is 0 Å². The summed E-state index contributed by atoms with van der Waals surface area (Å²) in [6.45, 7) is 4.90. The largest absolute Gasteiger partial charge is 0.472 e. The van der Waals surface area contributed by atoms with Crippen LogP contribution in [0.15, 0.2) is 36.5 Å². The molecule has 0 aromatic carbocycles. The van der Waals surface area contributed by atoms with Crippen LogP contribution in [0.2, 0.25) is 0 Å². The van der Waals surface area contributed by atoms with Crippen molar-refractivity contribution in [3.63, 3.8) is 0 Å². The Labute approximate surface area is 585 Å². The van der Waals surface area contributed by atoms with E-state index < -0.39 is 97.5 Å². The fourth-order valence-corrected chi connectivity index (χ4v) is 12.7. The van der Waals surface area contributed by atoms with E-state index >= 15 is 0 Å². The molecule has 0 fully saturated rings. The van der Waals surface area contributed by atoms with Crippen LogP contribution < -0.4 is 0 Å². The van der Waals surface area contributed by atoms with Crippen molar-refractivity contribution in [3.05, 3.63) is 36.5 Å². The van der Waals surface area contributed by atoms with Crippen LogP contribution in [-0.4, -0.2) is 96.7 Å². The zero-order valence-electron chi connectivity index (χ0n) is 61.6. The van der Waals surface area contributed by atoms with E-state index in [1.54, 1.807) is 0 Å². The summed E-state index contributed by atoms with van der Waals surface area (Å²) in [5, 5.41) is 10.6. The van der Waals surface area contributed by atoms with E-state index in [2.05, 4.69) is 64.2 Å². The third kappa shape index (κ3) is 69.7. The van der Waals surface area contributed by atoms with E-state index in [1.807, 2.05) is 0 Å². The Kier molecular flexibility index (Phi) is 68.7. The summed E-state index contributed by atoms with van der Waals surface area (Å²) in [5.41, 5.74) is 0. The van der Waals surface area contributed by atoms with Crippen LogP contribution in [0.25, 0.3) is 0 Å². The number of carbonyl (C=O) groups excluding carboxylic acids is 4. The zero-order valence-corrected chi connectivity index (χ0v) is 63.4. The highest BCUT2D eigenvalue weighted by Gasteiger charge is 2.30. The molecule has 0 aromatic rings. The monoisotopic (exact) mass is 1400 g/mol. The predicted molar refractivity (Wildman–Crippen MR) is 391 cm³/mol. The lowest BCUT2D eigenvalue weighted by Gasteiger charge is -2.21. The third-order valence-electron chi connectivity index (χ3n) is 17.1. The van der Waals surface area contributed by atoms with E-state index in [-0.39, 0.29) is 25.7 Å². The molecule has 0 saturated carbocycles. The molecule has 0 amide bonds. The molecule has 96 heavy (non-hydrogen) atoms. The van der Waals surface area contributed by atoms with Crippen molar-refractivity contribution in [2.75, 3.05) is 39.6 Å². The van der Waals surface area contributed by atoms with Crippen molar-refractivity contribution in [2.45, 2.75) is 393 Å². The Balaban J connectivity index is 5.31. The van der Waals surface area contributed by atoms with Gasteiger partial charge in [-0.15, -0.1) is 0 Å². The second-order valence-corrected chi connectivity index (χ2v) is 29.6. The van der Waals surface area contributed by atoms with Crippen molar-refractivity contribution in [3.8, 4) is 0 Å². The number of ether oxygens (including phenoxy) is 4. The Morgan fingerprint density at radius 2 is 0.510 bits per heavy atom. The maximum atomic E-state index is 13.1. The van der Waals surface area contributed by atoms with Gasteiger partial charge in [-0.25, -0.2) is 9.13 Å². The standard InChI is InChI=1S/C77H144O17P2/c1-5-9-13-17-21-25-29-33-35-39-42-46-50-54-58-62-75(80)88-68-72(93-76(81)63-59-55-51-47-43-38-32-28-24-20-16-12-8-4)69-91-95(83,84)89-65-71(78)66-90-96(85,86)92-70-73(67-87-74(79)61-57-53-49-45-41-37-31-27-23-19-15-11-7-3)94-77(82)64-60-56-52-48-44-40-36-34-30-26-22-18-14-10-6-2/h26,30,33-36,71-73,78H,5-25,27-29,31-32,37-70H2,1-4H3,(H,83,84)(H,85,86)/b30-26-,35-33-,36-34-/t71-,72-,73-/m1/s1. The zero-order chi connectivity index (χ0) is 70.4. The molecule has 0 saturated heterocycles. The van der Waals surface area contributed by atoms with Crippen LogP contribution in [-0.2, 0) is 65.4 Å². The summed E-state index contributed by atoms with van der Waals surface area (Å²) in [6.07, 6.45) is 65.5. The van der Waals surface area contributed by atoms with Crippen molar-refractivity contribution in [1.29, 1.82) is 0 Å². The molecule has 0 spiro atoms. The molecule has 17 nitrogen and oxygen atoms in total. The second-order valence-electron chi connectivity index (χ2n) is 26.7. The van der Waals surface area contributed by atoms with E-state index in [9.17, 15) is 43.2 Å². The van der Waals surface area contributed by atoms with Gasteiger partial charge in [0.2, 0.25) is 0 Å². The van der Waals surface area contributed by atoms with Gasteiger partial charge in [-0.05, 0) is 77.0 Å². The lowest BCUT2D eigenvalue weighted by atomic mass is 10.0. The molecule has 0 heterocycles. The smallest absolute Gasteiger partial charge is 0.462 e. The highest BCUT2D eigenvalue weighted by molar-refractivity contribution is 7.47. The molecule has 3 N–H and O–H groups in total. The molecule has 0 radical (unpaired) electrons. The van der Waals surface area contributed by atoms with Crippen molar-refractivity contribution in [2.24, 2.45) is 0 Å². The Morgan fingerprint density at radius 1 is 0.292 bits per heavy atom. The van der Waals surface area contributed by atoms with E-state index in [0.29, 0.717) is 25.7 Å². The minimum Gasteiger partial charge on any atom is -0.462 e. The van der Waals surface area contributed by atoms with Crippen LogP contribution in [0, 0.1) is 0 Å². The molecule has 0 aliphatic heterocycles. The van der Waals surface area contributed by atoms with Gasteiger partial charge in [0.1, 0.15) is 19.3 Å². The lowest BCUT2D eigenvalue weighted by Crippen LogP contribution is -2.30. The number of unbranched alkanes of at least 4 members (excludes halogenated alkanes) is 44. The summed E-state index contributed by atoms with van der Waals surface area (Å²) >= 11 is 0. The number of phosphoric ester groups is 2. The first kappa shape index (κ1) is 93.3. The average Bonchev–Trinajstić information content (AvgIpc) is 1.29. The van der Waals surface area contributed by atoms with Crippen LogP contribution in [0.5, 0.6) is 0 Å². The number of aliphatic hydroxyl groups is 1. The number of aliphatic hydroxyl groups excluding tert-OH is 1. The number of carbonyl (C=O) groups is 4. The number of phosphoric acid groups is 2. The second kappa shape index (κ2) is 70.7. The molecular formula is C77H144O17P2. The summed E-state index contributed by atoms with van der Waals surface area (Å²) in [4.78, 5) is 72.8. The average molecular weight is 1400 g/mol. The van der Waals surface area contributed by atoms with Gasteiger partial charge in [0.05, 0.1) is 26.4 Å². The molecule has 2 unspecified atom stereocenters. The van der Waals surface area contributed by atoms with E-state index in [4.69, 9.17) is 37.0 Å². The Morgan fingerprint density at radius 3 is 0.792 bits per heavy atom. The first-order chi connectivity index (χ1) is 46.7. The number of rotatable bonds is 75. The molecule has 0 rings (SSSR count). The van der Waals surface area contributed by atoms with Crippen LogP contribution >= 0.6 is 15.6 Å². The topological polar surface area (TPSA) is 237 Å². The van der Waals surface area contributed by atoms with Gasteiger partial charge in [0, 0.05) is 25.7 Å².